The predicted octanol–water partition coefficient (Wildman–Crippen LogP) is 9.54. The maximum atomic E-state index is 14.2. The molecule has 0 radical (unpaired) electrons. The first-order chi connectivity index (χ1) is 32.0. The average Bonchev–Trinajstić information content (AvgIpc) is 3.32. The number of carbonyl (C=O) groups is 1. The van der Waals surface area contributed by atoms with Gasteiger partial charge in [-0.05, 0) is 103 Å². The molecule has 1 heterocycles. The molecule has 6 atom stereocenters. The van der Waals surface area contributed by atoms with Crippen molar-refractivity contribution in [2.75, 3.05) is 26.9 Å². The second-order valence-electron chi connectivity index (χ2n) is 16.6. The topological polar surface area (TPSA) is 206 Å². The van der Waals surface area contributed by atoms with Crippen LogP contribution in [0, 0.1) is 43.8 Å². The van der Waals surface area contributed by atoms with Gasteiger partial charge < -0.3 is 34.0 Å². The zero-order chi connectivity index (χ0) is 46.8. The number of carbonyl (C=O) groups excluding carboxylic acids is 1. The standard InChI is InChI=1S/C49H53FN4O12/c1-3-25-63-49-45(52(48(57)62-2)30-32-13-17-35(50)18-14-32)29-43(51-64-31-33-15-19-36(20-16-33)53(58)59)41-26-34(9-4-6-23-55)40(12-5-7-24-56)46(47(41)49)42-28-39(21-22-44(42)66-49)65-38-11-8-10-37(27-38)54(60)61/h3,8,10-11,13-22,26-28,34,40,45-47,55-56H,1,4-7,9,12,23-25,29-31H2,2H3. The third-order valence-electron chi connectivity index (χ3n) is 12.5. The largest absolute Gasteiger partial charge is 0.459 e. The summed E-state index contributed by atoms with van der Waals surface area (Å²) in [5, 5.41) is 47.7. The minimum absolute atomic E-state index is 0.000103. The fraction of sp³-hybridized carbons (Fsp3) is 0.388. The van der Waals surface area contributed by atoms with E-state index in [0.29, 0.717) is 66.9 Å². The highest BCUT2D eigenvalue weighted by atomic mass is 19.1. The van der Waals surface area contributed by atoms with E-state index in [9.17, 15) is 39.6 Å². The van der Waals surface area contributed by atoms with Crippen molar-refractivity contribution in [3.63, 3.8) is 0 Å². The van der Waals surface area contributed by atoms with E-state index in [2.05, 4.69) is 12.7 Å². The number of allylic oxidation sites excluding steroid dienone is 1. The number of hydrogen-bond donors (Lipinski definition) is 2. The molecular weight excluding hydrogens is 856 g/mol. The molecule has 7 rings (SSSR count). The Balaban J connectivity index is 1.44. The number of nitro groups is 2. The average molecular weight is 909 g/mol. The van der Waals surface area contributed by atoms with Crippen LogP contribution >= 0.6 is 0 Å². The molecule has 4 aromatic carbocycles. The van der Waals surface area contributed by atoms with E-state index < -0.39 is 45.4 Å². The predicted molar refractivity (Wildman–Crippen MR) is 240 cm³/mol. The number of hydrogen-bond acceptors (Lipinski definition) is 13. The Morgan fingerprint density at radius 2 is 1.62 bits per heavy atom. The van der Waals surface area contributed by atoms with E-state index in [1.54, 1.807) is 54.6 Å². The molecule has 0 saturated heterocycles. The molecule has 1 fully saturated rings. The Morgan fingerprint density at radius 1 is 0.924 bits per heavy atom. The first-order valence-electron chi connectivity index (χ1n) is 21.9. The van der Waals surface area contributed by atoms with Crippen molar-refractivity contribution < 1.29 is 53.0 Å². The molecule has 2 N–H and O–H groups in total. The van der Waals surface area contributed by atoms with Gasteiger partial charge in [-0.3, -0.25) is 25.1 Å². The molecule has 66 heavy (non-hydrogen) atoms. The summed E-state index contributed by atoms with van der Waals surface area (Å²) in [4.78, 5) is 43.9. The number of nitrogens with zero attached hydrogens (tertiary/aromatic N) is 4. The smallest absolute Gasteiger partial charge is 0.410 e. The number of fused-ring (bicyclic) bond motifs is 2. The first kappa shape index (κ1) is 47.3. The van der Waals surface area contributed by atoms with Crippen LogP contribution in [0.4, 0.5) is 20.6 Å². The molecule has 0 bridgehead atoms. The maximum absolute atomic E-state index is 14.2. The summed E-state index contributed by atoms with van der Waals surface area (Å²) in [5.41, 5.74) is 3.00. The summed E-state index contributed by atoms with van der Waals surface area (Å²) in [6.07, 6.45) is 6.94. The third-order valence-corrected chi connectivity index (χ3v) is 12.5. The minimum Gasteiger partial charge on any atom is -0.459 e. The highest BCUT2D eigenvalue weighted by molar-refractivity contribution is 6.03. The molecule has 1 saturated carbocycles. The zero-order valence-electron chi connectivity index (χ0n) is 36.5. The Hall–Kier alpha value is -6.69. The van der Waals surface area contributed by atoms with Gasteiger partial charge in [0.2, 0.25) is 5.79 Å². The highest BCUT2D eigenvalue weighted by Gasteiger charge is 2.65. The van der Waals surface area contributed by atoms with Gasteiger partial charge >= 0.3 is 6.09 Å². The summed E-state index contributed by atoms with van der Waals surface area (Å²) < 4.78 is 40.2. The number of halogens is 1. The van der Waals surface area contributed by atoms with Crippen LogP contribution in [-0.2, 0) is 27.5 Å². The van der Waals surface area contributed by atoms with Crippen LogP contribution in [0.25, 0.3) is 0 Å². The summed E-state index contributed by atoms with van der Waals surface area (Å²) in [6, 6.07) is 21.9. The SMILES string of the molecule is C=CCOC12Oc3ccc(Oc4cccc([N+](=O)[O-])c4)cc3C3C(CCCCO)C(CCCCO)C=C(C(=NOCc4ccc([N+](=O)[O-])cc4)CC1N(Cc1ccc(F)cc1)C(=O)OC)C32. The van der Waals surface area contributed by atoms with Crippen LogP contribution in [0.5, 0.6) is 17.2 Å². The molecule has 1 aliphatic heterocycles. The molecule has 348 valence electrons. The fourth-order valence-corrected chi connectivity index (χ4v) is 9.61. The van der Waals surface area contributed by atoms with Crippen molar-refractivity contribution >= 4 is 23.2 Å². The number of benzene rings is 4. The maximum Gasteiger partial charge on any atom is 0.410 e. The lowest BCUT2D eigenvalue weighted by Crippen LogP contribution is -2.70. The number of ether oxygens (including phenoxy) is 4. The molecule has 16 nitrogen and oxygen atoms in total. The number of rotatable bonds is 21. The van der Waals surface area contributed by atoms with E-state index >= 15 is 0 Å². The molecule has 1 amide bonds. The van der Waals surface area contributed by atoms with Crippen LogP contribution in [0.1, 0.15) is 67.6 Å². The number of methoxy groups -OCH3 is 1. The lowest BCUT2D eigenvalue weighted by atomic mass is 9.55. The third kappa shape index (κ3) is 10.4. The summed E-state index contributed by atoms with van der Waals surface area (Å²) in [7, 11) is 1.27. The number of amides is 1. The zero-order valence-corrected chi connectivity index (χ0v) is 36.5. The van der Waals surface area contributed by atoms with Crippen LogP contribution in [-0.4, -0.2) is 75.5 Å². The highest BCUT2D eigenvalue weighted by Crippen LogP contribution is 2.62. The summed E-state index contributed by atoms with van der Waals surface area (Å²) in [6.45, 7) is 3.89. The Bertz CT molecular complexity index is 2430. The van der Waals surface area contributed by atoms with Gasteiger partial charge in [0.15, 0.2) is 0 Å². The first-order valence-corrected chi connectivity index (χ1v) is 21.9. The quantitative estimate of drug-likeness (QED) is 0.0347. The molecule has 3 aliphatic rings. The molecule has 0 spiro atoms. The minimum atomic E-state index is -1.64. The summed E-state index contributed by atoms with van der Waals surface area (Å²) in [5.74, 6) is -2.36. The molecule has 17 heteroatoms. The molecule has 2 aliphatic carbocycles. The van der Waals surface area contributed by atoms with Crippen molar-refractivity contribution in [1.82, 2.24) is 4.90 Å². The van der Waals surface area contributed by atoms with Crippen molar-refractivity contribution in [3.05, 3.63) is 158 Å². The molecular formula is C49H53FN4O12. The lowest BCUT2D eigenvalue weighted by molar-refractivity contribution is -0.385. The van der Waals surface area contributed by atoms with Gasteiger partial charge in [-0.2, -0.15) is 0 Å². The monoisotopic (exact) mass is 908 g/mol. The number of oxime groups is 1. The van der Waals surface area contributed by atoms with Gasteiger partial charge in [-0.1, -0.05) is 48.3 Å². The molecule has 4 aromatic rings. The van der Waals surface area contributed by atoms with Crippen molar-refractivity contribution in [3.8, 4) is 17.2 Å². The number of non-ortho nitro benzene ring substituents is 2. The number of nitro benzene ring substituents is 2. The van der Waals surface area contributed by atoms with E-state index in [1.165, 1.54) is 48.4 Å². The van der Waals surface area contributed by atoms with Crippen LogP contribution in [0.3, 0.4) is 0 Å². The van der Waals surface area contributed by atoms with E-state index in [-0.39, 0.29) is 68.4 Å². The van der Waals surface area contributed by atoms with E-state index in [4.69, 9.17) is 28.9 Å². The van der Waals surface area contributed by atoms with Crippen molar-refractivity contribution in [2.24, 2.45) is 22.9 Å². The second kappa shape index (κ2) is 21.5. The van der Waals surface area contributed by atoms with Crippen molar-refractivity contribution in [2.45, 2.75) is 75.8 Å². The van der Waals surface area contributed by atoms with Crippen LogP contribution < -0.4 is 9.47 Å². The van der Waals surface area contributed by atoms with Gasteiger partial charge in [0.05, 0.1) is 41.3 Å². The Labute approximate surface area is 381 Å². The second-order valence-corrected chi connectivity index (χ2v) is 16.6. The van der Waals surface area contributed by atoms with E-state index in [0.717, 1.165) is 11.1 Å². The fourth-order valence-electron chi connectivity index (χ4n) is 9.61. The number of unbranched alkanes of at least 4 members (excludes halogenated alkanes) is 2. The van der Waals surface area contributed by atoms with Crippen LogP contribution in [0.15, 0.2) is 120 Å². The van der Waals surface area contributed by atoms with Gasteiger partial charge in [0, 0.05) is 55.9 Å². The number of aliphatic hydroxyl groups excluding tert-OH is 2. The molecule has 0 aromatic heterocycles. The Morgan fingerprint density at radius 3 is 2.30 bits per heavy atom. The van der Waals surface area contributed by atoms with E-state index in [1.807, 2.05) is 6.07 Å². The molecule has 6 unspecified atom stereocenters. The van der Waals surface area contributed by atoms with Crippen LogP contribution in [0.2, 0.25) is 0 Å². The Kier molecular flexibility index (Phi) is 15.4. The number of aliphatic hydroxyl groups is 2. The normalized spacial score (nSPS) is 22.2. The van der Waals surface area contributed by atoms with Gasteiger partial charge in [0.1, 0.15) is 35.7 Å². The van der Waals surface area contributed by atoms with Crippen molar-refractivity contribution in [1.29, 1.82) is 0 Å². The van der Waals surface area contributed by atoms with Gasteiger partial charge in [0.25, 0.3) is 11.4 Å². The van der Waals surface area contributed by atoms with Gasteiger partial charge in [-0.25, -0.2) is 9.18 Å². The lowest BCUT2D eigenvalue weighted by Gasteiger charge is -2.59. The van der Waals surface area contributed by atoms with Gasteiger partial charge in [-0.15, -0.1) is 6.58 Å². The summed E-state index contributed by atoms with van der Waals surface area (Å²) >= 11 is 0.